The number of aromatic nitrogens is 1. The van der Waals surface area contributed by atoms with Gasteiger partial charge in [-0.1, -0.05) is 12.1 Å². The summed E-state index contributed by atoms with van der Waals surface area (Å²) < 4.78 is 6.47. The molecule has 1 amide bonds. The summed E-state index contributed by atoms with van der Waals surface area (Å²) in [5.74, 6) is 0. The molecule has 0 bridgehead atoms. The van der Waals surface area contributed by atoms with E-state index in [-0.39, 0.29) is 6.61 Å². The first kappa shape index (κ1) is 14.2. The van der Waals surface area contributed by atoms with Gasteiger partial charge in [-0.2, -0.15) is 0 Å². The second kappa shape index (κ2) is 4.94. The first-order valence-corrected chi connectivity index (χ1v) is 7.41. The zero-order chi connectivity index (χ0) is 15.2. The number of fused-ring (bicyclic) bond motifs is 1. The number of amides is 1. The Hall–Kier alpha value is -1.70. The lowest BCUT2D eigenvalue weighted by atomic mass is 10.1. The fourth-order valence-corrected chi connectivity index (χ4v) is 3.63. The van der Waals surface area contributed by atoms with Crippen LogP contribution >= 0.6 is 11.3 Å². The molecule has 0 saturated carbocycles. The Morgan fingerprint density at radius 1 is 1.52 bits per heavy atom. The van der Waals surface area contributed by atoms with E-state index in [0.29, 0.717) is 5.01 Å². The van der Waals surface area contributed by atoms with Crippen LogP contribution in [0.5, 0.6) is 0 Å². The molecule has 3 rings (SSSR count). The third kappa shape index (κ3) is 2.37. The number of nitrogens with zero attached hydrogens (tertiary/aromatic N) is 2. The predicted molar refractivity (Wildman–Crippen MR) is 78.3 cm³/mol. The molecule has 1 fully saturated rings. The number of ether oxygens (including phenoxy) is 1. The molecule has 1 aromatic carbocycles. The lowest BCUT2D eigenvalue weighted by Gasteiger charge is -2.32. The lowest BCUT2D eigenvalue weighted by Crippen LogP contribution is -2.49. The topological polar surface area (TPSA) is 82.9 Å². The molecule has 0 spiro atoms. The number of carbonyl (C=O) groups is 1. The number of benzene rings is 1. The normalized spacial score (nSPS) is 22.6. The maximum absolute atomic E-state index is 11.5. The van der Waals surface area contributed by atoms with Gasteiger partial charge in [-0.05, 0) is 26.0 Å². The SMILES string of the molecule is CC1(C)OCC(C(O)c2nc3ccccc3s2)N1C(=O)O. The Kier molecular flexibility index (Phi) is 3.35. The van der Waals surface area contributed by atoms with Crippen molar-refractivity contribution in [1.82, 2.24) is 9.88 Å². The Balaban J connectivity index is 1.94. The fourth-order valence-electron chi connectivity index (χ4n) is 2.62. The minimum atomic E-state index is -1.11. The fraction of sp³-hybridized carbons (Fsp3) is 0.429. The van der Waals surface area contributed by atoms with Gasteiger partial charge < -0.3 is 14.9 Å². The van der Waals surface area contributed by atoms with E-state index in [9.17, 15) is 15.0 Å². The van der Waals surface area contributed by atoms with Gasteiger partial charge in [-0.3, -0.25) is 4.90 Å². The zero-order valence-corrected chi connectivity index (χ0v) is 12.5. The van der Waals surface area contributed by atoms with Crippen molar-refractivity contribution in [2.24, 2.45) is 0 Å². The number of rotatable bonds is 2. The molecule has 112 valence electrons. The third-order valence-corrected chi connectivity index (χ3v) is 4.76. The van der Waals surface area contributed by atoms with Gasteiger partial charge in [-0.25, -0.2) is 9.78 Å². The summed E-state index contributed by atoms with van der Waals surface area (Å²) in [6, 6.07) is 6.92. The second-order valence-electron chi connectivity index (χ2n) is 5.44. The summed E-state index contributed by atoms with van der Waals surface area (Å²) in [6.07, 6.45) is -2.11. The predicted octanol–water partition coefficient (Wildman–Crippen LogP) is 2.44. The van der Waals surface area contributed by atoms with E-state index >= 15 is 0 Å². The molecule has 2 aromatic rings. The quantitative estimate of drug-likeness (QED) is 0.890. The molecule has 1 aliphatic heterocycles. The molecule has 1 aliphatic rings. The van der Waals surface area contributed by atoms with E-state index in [1.165, 1.54) is 11.3 Å². The van der Waals surface area contributed by atoms with Crippen molar-refractivity contribution in [1.29, 1.82) is 0 Å². The molecule has 7 heteroatoms. The van der Waals surface area contributed by atoms with Crippen LogP contribution in [0.1, 0.15) is 25.0 Å². The third-order valence-electron chi connectivity index (χ3n) is 3.65. The van der Waals surface area contributed by atoms with E-state index in [4.69, 9.17) is 4.74 Å². The molecule has 21 heavy (non-hydrogen) atoms. The van der Waals surface area contributed by atoms with Crippen molar-refractivity contribution in [2.45, 2.75) is 31.7 Å². The van der Waals surface area contributed by atoms with Crippen molar-refractivity contribution in [2.75, 3.05) is 6.61 Å². The highest BCUT2D eigenvalue weighted by Gasteiger charge is 2.47. The van der Waals surface area contributed by atoms with Gasteiger partial charge in [0.25, 0.3) is 0 Å². The average molecular weight is 308 g/mol. The number of aliphatic hydroxyl groups is 1. The van der Waals surface area contributed by atoms with Gasteiger partial charge in [0, 0.05) is 0 Å². The van der Waals surface area contributed by atoms with Crippen LogP contribution in [0, 0.1) is 0 Å². The van der Waals surface area contributed by atoms with Crippen LogP contribution in [-0.4, -0.2) is 44.6 Å². The Labute approximate surface area is 125 Å². The van der Waals surface area contributed by atoms with Gasteiger partial charge >= 0.3 is 6.09 Å². The minimum absolute atomic E-state index is 0.149. The molecule has 2 unspecified atom stereocenters. The largest absolute Gasteiger partial charge is 0.465 e. The minimum Gasteiger partial charge on any atom is -0.465 e. The number of carboxylic acid groups (broad SMARTS) is 1. The smallest absolute Gasteiger partial charge is 0.410 e. The van der Waals surface area contributed by atoms with Gasteiger partial charge in [0.2, 0.25) is 0 Å². The molecule has 6 nitrogen and oxygen atoms in total. The van der Waals surface area contributed by atoms with Crippen LogP contribution in [-0.2, 0) is 4.74 Å². The molecule has 0 radical (unpaired) electrons. The Bertz CT molecular complexity index is 651. The molecule has 2 atom stereocenters. The summed E-state index contributed by atoms with van der Waals surface area (Å²) in [7, 11) is 0. The highest BCUT2D eigenvalue weighted by Crippen LogP contribution is 2.36. The molecular formula is C14H16N2O4S. The van der Waals surface area contributed by atoms with Crippen molar-refractivity contribution >= 4 is 27.6 Å². The van der Waals surface area contributed by atoms with Crippen molar-refractivity contribution in [3.63, 3.8) is 0 Å². The molecular weight excluding hydrogens is 292 g/mol. The maximum Gasteiger partial charge on any atom is 0.410 e. The number of hydrogen-bond donors (Lipinski definition) is 2. The standard InChI is InChI=1S/C14H16N2O4S/c1-14(2)16(13(18)19)9(7-20-14)11(17)12-15-8-5-3-4-6-10(8)21-12/h3-6,9,11,17H,7H2,1-2H3,(H,18,19). The molecule has 2 N–H and O–H groups in total. The van der Waals surface area contributed by atoms with Crippen molar-refractivity contribution in [3.05, 3.63) is 29.3 Å². The Morgan fingerprint density at radius 2 is 2.24 bits per heavy atom. The van der Waals surface area contributed by atoms with Crippen LogP contribution in [0.15, 0.2) is 24.3 Å². The van der Waals surface area contributed by atoms with E-state index in [0.717, 1.165) is 15.1 Å². The second-order valence-corrected chi connectivity index (χ2v) is 6.50. The monoisotopic (exact) mass is 308 g/mol. The Morgan fingerprint density at radius 3 is 2.90 bits per heavy atom. The average Bonchev–Trinajstić information content (AvgIpc) is 2.98. The van der Waals surface area contributed by atoms with E-state index in [1.54, 1.807) is 13.8 Å². The summed E-state index contributed by atoms with van der Waals surface area (Å²) in [5, 5.41) is 20.4. The molecule has 1 saturated heterocycles. The van der Waals surface area contributed by atoms with Gasteiger partial charge in [0.05, 0.1) is 22.9 Å². The van der Waals surface area contributed by atoms with Gasteiger partial charge in [0.15, 0.2) is 0 Å². The van der Waals surface area contributed by atoms with Crippen LogP contribution < -0.4 is 0 Å². The summed E-state index contributed by atoms with van der Waals surface area (Å²) in [4.78, 5) is 17.0. The van der Waals surface area contributed by atoms with Crippen molar-refractivity contribution < 1.29 is 19.7 Å². The first-order valence-electron chi connectivity index (χ1n) is 6.60. The van der Waals surface area contributed by atoms with Crippen LogP contribution in [0.25, 0.3) is 10.2 Å². The molecule has 0 aliphatic carbocycles. The maximum atomic E-state index is 11.5. The number of aliphatic hydroxyl groups excluding tert-OH is 1. The number of para-hydroxylation sites is 1. The van der Waals surface area contributed by atoms with E-state index < -0.39 is 24.0 Å². The lowest BCUT2D eigenvalue weighted by molar-refractivity contribution is -0.0466. The summed E-state index contributed by atoms with van der Waals surface area (Å²) >= 11 is 1.37. The first-order chi connectivity index (χ1) is 9.90. The highest BCUT2D eigenvalue weighted by atomic mass is 32.1. The van der Waals surface area contributed by atoms with E-state index in [2.05, 4.69) is 4.98 Å². The van der Waals surface area contributed by atoms with E-state index in [1.807, 2.05) is 24.3 Å². The molecule has 2 heterocycles. The number of thiazole rings is 1. The van der Waals surface area contributed by atoms with Crippen LogP contribution in [0.4, 0.5) is 4.79 Å². The summed E-state index contributed by atoms with van der Waals surface area (Å²) in [6.45, 7) is 3.49. The van der Waals surface area contributed by atoms with Crippen molar-refractivity contribution in [3.8, 4) is 0 Å². The van der Waals surface area contributed by atoms with Crippen LogP contribution in [0.3, 0.4) is 0 Å². The van der Waals surface area contributed by atoms with Crippen LogP contribution in [0.2, 0.25) is 0 Å². The highest BCUT2D eigenvalue weighted by molar-refractivity contribution is 7.18. The number of hydrogen-bond acceptors (Lipinski definition) is 5. The zero-order valence-electron chi connectivity index (χ0n) is 11.7. The molecule has 1 aromatic heterocycles. The summed E-state index contributed by atoms with van der Waals surface area (Å²) in [5.41, 5.74) is -0.148. The van der Waals surface area contributed by atoms with Gasteiger partial charge in [0.1, 0.15) is 16.8 Å². The van der Waals surface area contributed by atoms with Gasteiger partial charge in [-0.15, -0.1) is 11.3 Å².